The van der Waals surface area contributed by atoms with Crippen molar-refractivity contribution in [1.29, 1.82) is 0 Å². The topological polar surface area (TPSA) is 91.9 Å². The number of hydrogen-bond donors (Lipinski definition) is 0. The molecule has 2 aliphatic heterocycles. The molecule has 0 spiro atoms. The number of nitrogens with zero attached hydrogens (tertiary/aromatic N) is 4. The van der Waals surface area contributed by atoms with Crippen molar-refractivity contribution in [1.82, 2.24) is 9.55 Å². The van der Waals surface area contributed by atoms with Crippen molar-refractivity contribution in [2.45, 2.75) is 50.9 Å². The van der Waals surface area contributed by atoms with Crippen LogP contribution in [-0.2, 0) is 12.7 Å². The second kappa shape index (κ2) is 12.1. The third kappa shape index (κ3) is 6.97. The lowest BCUT2D eigenvalue weighted by molar-refractivity contribution is -0.389. The van der Waals surface area contributed by atoms with Crippen molar-refractivity contribution in [3.63, 3.8) is 0 Å². The number of aryl methyl sites for hydroxylation is 1. The minimum absolute atomic E-state index is 0.220. The van der Waals surface area contributed by atoms with Crippen LogP contribution >= 0.6 is 0 Å². The normalized spacial score (nSPS) is 17.7. The number of hydrogen-bond acceptors (Lipinski definition) is 7. The maximum atomic E-state index is 12.7. The van der Waals surface area contributed by atoms with E-state index < -0.39 is 16.7 Å². The minimum atomic E-state index is -4.34. The number of halogens is 3. The van der Waals surface area contributed by atoms with Crippen LogP contribution < -0.4 is 19.1 Å². The molecular formula is C28H31F3N4O5. The lowest BCUT2D eigenvalue weighted by Gasteiger charge is -2.33. The fourth-order valence-electron chi connectivity index (χ4n) is 5.06. The average Bonchev–Trinajstić information content (AvgIpc) is 3.39. The molecule has 1 saturated heterocycles. The number of anilines is 1. The molecule has 0 bridgehead atoms. The van der Waals surface area contributed by atoms with Crippen molar-refractivity contribution >= 4 is 11.5 Å². The van der Waals surface area contributed by atoms with Gasteiger partial charge in [-0.05, 0) is 85.1 Å². The number of fused-ring (bicyclic) bond motifs is 1. The number of imidazole rings is 1. The molecule has 0 radical (unpaired) electrons. The van der Waals surface area contributed by atoms with Crippen LogP contribution in [0.4, 0.5) is 24.7 Å². The van der Waals surface area contributed by atoms with Gasteiger partial charge in [0, 0.05) is 36.7 Å². The van der Waals surface area contributed by atoms with Gasteiger partial charge in [0.2, 0.25) is 0 Å². The summed E-state index contributed by atoms with van der Waals surface area (Å²) in [6, 6.07) is 13.0. The van der Waals surface area contributed by atoms with Gasteiger partial charge in [-0.1, -0.05) is 0 Å². The Morgan fingerprint density at radius 3 is 2.33 bits per heavy atom. The predicted molar refractivity (Wildman–Crippen MR) is 141 cm³/mol. The van der Waals surface area contributed by atoms with Crippen molar-refractivity contribution < 1.29 is 32.3 Å². The third-order valence-corrected chi connectivity index (χ3v) is 7.34. The zero-order valence-electron chi connectivity index (χ0n) is 21.9. The molecule has 214 valence electrons. The highest BCUT2D eigenvalue weighted by Gasteiger charge is 2.30. The van der Waals surface area contributed by atoms with Gasteiger partial charge in [-0.25, -0.2) is 0 Å². The Morgan fingerprint density at radius 2 is 1.65 bits per heavy atom. The van der Waals surface area contributed by atoms with Gasteiger partial charge in [-0.2, -0.15) is 13.2 Å². The maximum Gasteiger partial charge on any atom is 0.416 e. The first-order chi connectivity index (χ1) is 19.2. The molecule has 0 saturated carbocycles. The molecule has 1 fully saturated rings. The third-order valence-electron chi connectivity index (χ3n) is 7.34. The summed E-state index contributed by atoms with van der Waals surface area (Å²) >= 11 is 0. The highest BCUT2D eigenvalue weighted by atomic mass is 19.4. The lowest BCUT2D eigenvalue weighted by atomic mass is 9.92. The maximum absolute atomic E-state index is 12.7. The fourth-order valence-corrected chi connectivity index (χ4v) is 5.06. The molecule has 0 N–H and O–H groups in total. The quantitative estimate of drug-likeness (QED) is 0.168. The Morgan fingerprint density at radius 1 is 0.975 bits per heavy atom. The molecule has 9 nitrogen and oxygen atoms in total. The van der Waals surface area contributed by atoms with E-state index in [1.165, 1.54) is 18.3 Å². The van der Waals surface area contributed by atoms with E-state index in [9.17, 15) is 23.3 Å². The van der Waals surface area contributed by atoms with Crippen molar-refractivity contribution in [3.8, 4) is 17.5 Å². The lowest BCUT2D eigenvalue weighted by Crippen LogP contribution is -2.33. The molecule has 12 heteroatoms. The van der Waals surface area contributed by atoms with Crippen LogP contribution in [0.3, 0.4) is 0 Å². The van der Waals surface area contributed by atoms with Crippen LogP contribution in [-0.4, -0.2) is 46.9 Å². The zero-order valence-corrected chi connectivity index (χ0v) is 21.9. The monoisotopic (exact) mass is 560 g/mol. The van der Waals surface area contributed by atoms with E-state index >= 15 is 0 Å². The Bertz CT molecular complexity index is 1270. The smallest absolute Gasteiger partial charge is 0.416 e. The summed E-state index contributed by atoms with van der Waals surface area (Å²) in [4.78, 5) is 16.6. The first kappa shape index (κ1) is 27.6. The van der Waals surface area contributed by atoms with Gasteiger partial charge in [0.15, 0.2) is 0 Å². The number of nitro groups is 1. The van der Waals surface area contributed by atoms with Crippen LogP contribution in [0.5, 0.6) is 17.5 Å². The molecule has 5 rings (SSSR count). The number of alkyl halides is 3. The Labute approximate surface area is 229 Å². The molecule has 1 atom stereocenters. The van der Waals surface area contributed by atoms with E-state index in [4.69, 9.17) is 14.2 Å². The van der Waals surface area contributed by atoms with E-state index in [0.29, 0.717) is 37.8 Å². The number of aromatic nitrogens is 2. The first-order valence-corrected chi connectivity index (χ1v) is 13.4. The van der Waals surface area contributed by atoms with Gasteiger partial charge in [0.1, 0.15) is 30.4 Å². The van der Waals surface area contributed by atoms with E-state index in [0.717, 1.165) is 62.3 Å². The Balaban J connectivity index is 0.992. The summed E-state index contributed by atoms with van der Waals surface area (Å²) in [5.74, 6) is 1.57. The van der Waals surface area contributed by atoms with E-state index in [2.05, 4.69) is 9.88 Å². The zero-order chi connectivity index (χ0) is 28.1. The molecule has 0 amide bonds. The molecular weight excluding hydrogens is 529 g/mol. The summed E-state index contributed by atoms with van der Waals surface area (Å²) in [5.41, 5.74) is 0.466. The number of piperidine rings is 1. The highest BCUT2D eigenvalue weighted by molar-refractivity contribution is 5.49. The Hall–Kier alpha value is -3.96. The summed E-state index contributed by atoms with van der Waals surface area (Å²) in [6.07, 6.45) is 1.53. The summed E-state index contributed by atoms with van der Waals surface area (Å²) in [7, 11) is 0. The second-order valence-electron chi connectivity index (χ2n) is 10.1. The van der Waals surface area contributed by atoms with Crippen LogP contribution in [0.1, 0.15) is 37.7 Å². The highest BCUT2D eigenvalue weighted by Crippen LogP contribution is 2.31. The van der Waals surface area contributed by atoms with E-state index in [-0.39, 0.29) is 17.9 Å². The van der Waals surface area contributed by atoms with Crippen molar-refractivity contribution in [2.24, 2.45) is 5.92 Å². The van der Waals surface area contributed by atoms with E-state index in [1.807, 2.05) is 24.3 Å². The molecule has 2 aromatic carbocycles. The summed E-state index contributed by atoms with van der Waals surface area (Å²) in [5, 5.41) is 10.9. The number of ether oxygens (including phenoxy) is 3. The molecule has 1 aromatic heterocycles. The van der Waals surface area contributed by atoms with Gasteiger partial charge in [0.05, 0.1) is 12.2 Å². The van der Waals surface area contributed by atoms with Crippen LogP contribution in [0.2, 0.25) is 0 Å². The molecule has 0 aliphatic carbocycles. The van der Waals surface area contributed by atoms with Crippen molar-refractivity contribution in [3.05, 3.63) is 70.4 Å². The SMILES string of the molecule is O=[N+]([O-])c1cn2c(n1)O[C@@H](COc1ccc(N3CCC(CCCOc4ccc(C(F)(F)F)cc4)CC3)cc1)CC2. The molecule has 3 heterocycles. The summed E-state index contributed by atoms with van der Waals surface area (Å²) in [6.45, 7) is 3.32. The Kier molecular flexibility index (Phi) is 8.32. The predicted octanol–water partition coefficient (Wildman–Crippen LogP) is 6.12. The van der Waals surface area contributed by atoms with Crippen LogP contribution in [0.15, 0.2) is 54.7 Å². The van der Waals surface area contributed by atoms with Crippen LogP contribution in [0.25, 0.3) is 0 Å². The fraction of sp³-hybridized carbons (Fsp3) is 0.464. The average molecular weight is 561 g/mol. The molecule has 40 heavy (non-hydrogen) atoms. The van der Waals surface area contributed by atoms with Gasteiger partial charge in [0.25, 0.3) is 0 Å². The van der Waals surface area contributed by atoms with Crippen molar-refractivity contribution in [2.75, 3.05) is 31.2 Å². The summed E-state index contributed by atoms with van der Waals surface area (Å²) < 4.78 is 56.9. The second-order valence-corrected chi connectivity index (χ2v) is 10.1. The first-order valence-electron chi connectivity index (χ1n) is 13.4. The van der Waals surface area contributed by atoms with Gasteiger partial charge >= 0.3 is 18.0 Å². The van der Waals surface area contributed by atoms with E-state index in [1.54, 1.807) is 4.57 Å². The van der Waals surface area contributed by atoms with Gasteiger partial charge in [-0.15, -0.1) is 0 Å². The largest absolute Gasteiger partial charge is 0.494 e. The van der Waals surface area contributed by atoms with Gasteiger partial charge in [-0.3, -0.25) is 4.57 Å². The molecule has 2 aliphatic rings. The van der Waals surface area contributed by atoms with Gasteiger partial charge < -0.3 is 29.2 Å². The van der Waals surface area contributed by atoms with Crippen LogP contribution in [0, 0.1) is 16.0 Å². The standard InChI is InChI=1S/C28H31F3N4O5/c29-28(30,31)21-3-7-23(8-4-21)38-17-1-2-20-11-14-33(15-12-20)22-5-9-24(10-6-22)39-19-25-13-16-34-18-26(35(36)37)32-27(34)40-25/h3-10,18,20,25H,1-2,11-17,19H2/t25-/m1/s1. The molecule has 3 aromatic rings. The molecule has 0 unspecified atom stereocenters. The number of rotatable bonds is 10. The minimum Gasteiger partial charge on any atom is -0.494 e. The number of benzene rings is 2.